The van der Waals surface area contributed by atoms with Crippen LogP contribution in [-0.2, 0) is 5.41 Å². The Kier molecular flexibility index (Phi) is 10.3. The first-order valence-electron chi connectivity index (χ1n) is 24.9. The summed E-state index contributed by atoms with van der Waals surface area (Å²) in [6.45, 7) is 0. The van der Waals surface area contributed by atoms with E-state index in [4.69, 9.17) is 0 Å². The Morgan fingerprint density at radius 3 is 1.32 bits per heavy atom. The topological polar surface area (TPSA) is 3.24 Å². The van der Waals surface area contributed by atoms with Gasteiger partial charge in [0, 0.05) is 17.1 Å². The lowest BCUT2D eigenvalue weighted by atomic mass is 9.67. The normalized spacial score (nSPS) is 17.3. The highest BCUT2D eigenvalue weighted by Crippen LogP contribution is 2.58. The van der Waals surface area contributed by atoms with E-state index < -0.39 is 5.41 Å². The number of fused-ring (bicyclic) bond motifs is 5. The number of benzene rings is 10. The molecule has 0 aliphatic heterocycles. The molecule has 2 bridgehead atoms. The molecule has 0 N–H and O–H groups in total. The van der Waals surface area contributed by atoms with Gasteiger partial charge in [0.1, 0.15) is 0 Å². The van der Waals surface area contributed by atoms with Crippen LogP contribution in [0.15, 0.2) is 255 Å². The number of anilines is 3. The molecule has 0 aromatic heterocycles. The molecule has 3 unspecified atom stereocenters. The quantitative estimate of drug-likeness (QED) is 0.132. The second kappa shape index (κ2) is 17.3. The molecule has 69 heavy (non-hydrogen) atoms. The number of rotatable bonds is 10. The van der Waals surface area contributed by atoms with Crippen molar-refractivity contribution in [3.8, 4) is 55.6 Å². The van der Waals surface area contributed by atoms with Gasteiger partial charge >= 0.3 is 0 Å². The van der Waals surface area contributed by atoms with Crippen molar-refractivity contribution in [1.82, 2.24) is 0 Å². The maximum Gasteiger partial charge on any atom is 0.0714 e. The van der Waals surface area contributed by atoms with Crippen molar-refractivity contribution in [2.24, 2.45) is 11.8 Å². The molecule has 3 aliphatic carbocycles. The van der Waals surface area contributed by atoms with Crippen LogP contribution < -0.4 is 4.90 Å². The molecule has 1 nitrogen and oxygen atoms in total. The minimum Gasteiger partial charge on any atom is -0.310 e. The summed E-state index contributed by atoms with van der Waals surface area (Å²) in [6.07, 6.45) is 5.65. The first-order chi connectivity index (χ1) is 34.2. The van der Waals surface area contributed by atoms with Gasteiger partial charge in [-0.1, -0.05) is 225 Å². The van der Waals surface area contributed by atoms with Crippen molar-refractivity contribution in [3.63, 3.8) is 0 Å². The number of nitrogens with zero attached hydrogens (tertiary/aromatic N) is 1. The first kappa shape index (κ1) is 41.2. The summed E-state index contributed by atoms with van der Waals surface area (Å²) in [5.74, 6) is 2.56. The van der Waals surface area contributed by atoms with E-state index >= 15 is 0 Å². The van der Waals surface area contributed by atoms with Gasteiger partial charge in [-0.3, -0.25) is 0 Å². The molecule has 3 atom stereocenters. The molecular formula is C68H53N. The molecule has 0 amide bonds. The van der Waals surface area contributed by atoms with Crippen molar-refractivity contribution in [2.45, 2.75) is 37.0 Å². The van der Waals surface area contributed by atoms with Crippen LogP contribution in [0.3, 0.4) is 0 Å². The van der Waals surface area contributed by atoms with Crippen LogP contribution in [0.5, 0.6) is 0 Å². The van der Waals surface area contributed by atoms with Gasteiger partial charge in [0.15, 0.2) is 0 Å². The Bertz CT molecular complexity index is 3390. The van der Waals surface area contributed by atoms with E-state index in [1.165, 1.54) is 109 Å². The van der Waals surface area contributed by atoms with Crippen molar-refractivity contribution in [1.29, 1.82) is 0 Å². The highest BCUT2D eigenvalue weighted by molar-refractivity contribution is 5.93. The predicted molar refractivity (Wildman–Crippen MR) is 288 cm³/mol. The van der Waals surface area contributed by atoms with Crippen LogP contribution in [0, 0.1) is 11.8 Å². The fraction of sp³-hybridized carbons (Fsp3) is 0.118. The van der Waals surface area contributed by atoms with Gasteiger partial charge in [-0.15, -0.1) is 0 Å². The van der Waals surface area contributed by atoms with Gasteiger partial charge in [-0.2, -0.15) is 0 Å². The Morgan fingerprint density at radius 2 is 0.768 bits per heavy atom. The van der Waals surface area contributed by atoms with Gasteiger partial charge in [0.05, 0.1) is 5.41 Å². The minimum absolute atomic E-state index is 0.506. The number of hydrogen-bond acceptors (Lipinski definition) is 1. The first-order valence-corrected chi connectivity index (χ1v) is 24.9. The Morgan fingerprint density at radius 1 is 0.319 bits per heavy atom. The van der Waals surface area contributed by atoms with Crippen molar-refractivity contribution in [2.75, 3.05) is 4.90 Å². The third-order valence-electron chi connectivity index (χ3n) is 15.9. The minimum atomic E-state index is -0.506. The van der Waals surface area contributed by atoms with E-state index in [0.717, 1.165) is 34.8 Å². The summed E-state index contributed by atoms with van der Waals surface area (Å²) in [6, 6.07) is 94.8. The van der Waals surface area contributed by atoms with E-state index in [9.17, 15) is 0 Å². The second-order valence-electron chi connectivity index (χ2n) is 19.5. The molecule has 2 fully saturated rings. The Balaban J connectivity index is 0.935. The monoisotopic (exact) mass is 883 g/mol. The van der Waals surface area contributed by atoms with Crippen LogP contribution in [0.2, 0.25) is 0 Å². The molecule has 10 aromatic carbocycles. The van der Waals surface area contributed by atoms with Gasteiger partial charge in [-0.25, -0.2) is 0 Å². The molecule has 330 valence electrons. The second-order valence-corrected chi connectivity index (χ2v) is 19.5. The summed E-state index contributed by atoms with van der Waals surface area (Å²) in [4.78, 5) is 2.45. The molecule has 0 saturated heterocycles. The van der Waals surface area contributed by atoms with Crippen LogP contribution in [-0.4, -0.2) is 0 Å². The highest BCUT2D eigenvalue weighted by Gasteiger charge is 2.46. The molecule has 3 aliphatic rings. The van der Waals surface area contributed by atoms with Crippen molar-refractivity contribution >= 4 is 17.1 Å². The molecule has 13 rings (SSSR count). The smallest absolute Gasteiger partial charge is 0.0714 e. The van der Waals surface area contributed by atoms with E-state index in [-0.39, 0.29) is 0 Å². The summed E-state index contributed by atoms with van der Waals surface area (Å²) < 4.78 is 0. The van der Waals surface area contributed by atoms with E-state index in [0.29, 0.717) is 0 Å². The highest BCUT2D eigenvalue weighted by atomic mass is 15.1. The van der Waals surface area contributed by atoms with Gasteiger partial charge in [0.2, 0.25) is 0 Å². The lowest BCUT2D eigenvalue weighted by Gasteiger charge is -2.35. The fourth-order valence-electron chi connectivity index (χ4n) is 12.7. The molecule has 0 spiro atoms. The average molecular weight is 884 g/mol. The number of hydrogen-bond donors (Lipinski definition) is 0. The summed E-state index contributed by atoms with van der Waals surface area (Å²) in [5.41, 5.74) is 21.8. The molecule has 2 saturated carbocycles. The molecule has 1 heteroatoms. The Labute approximate surface area is 407 Å². The zero-order valence-corrected chi connectivity index (χ0v) is 38.8. The van der Waals surface area contributed by atoms with Gasteiger partial charge in [0.25, 0.3) is 0 Å². The zero-order chi connectivity index (χ0) is 45.7. The molecular weight excluding hydrogens is 831 g/mol. The zero-order valence-electron chi connectivity index (χ0n) is 38.8. The molecule has 0 radical (unpaired) electrons. The van der Waals surface area contributed by atoms with Crippen LogP contribution in [0.1, 0.15) is 59.4 Å². The van der Waals surface area contributed by atoms with E-state index in [1.54, 1.807) is 0 Å². The summed E-state index contributed by atoms with van der Waals surface area (Å²) in [7, 11) is 0. The van der Waals surface area contributed by atoms with Gasteiger partial charge in [-0.05, 0) is 157 Å². The van der Waals surface area contributed by atoms with Gasteiger partial charge < -0.3 is 4.90 Å². The van der Waals surface area contributed by atoms with Crippen LogP contribution in [0.25, 0.3) is 55.6 Å². The third kappa shape index (κ3) is 7.07. The van der Waals surface area contributed by atoms with Crippen LogP contribution >= 0.6 is 0 Å². The maximum atomic E-state index is 2.47. The van der Waals surface area contributed by atoms with E-state index in [2.05, 4.69) is 260 Å². The Hall–Kier alpha value is -8.00. The SMILES string of the molecule is c1ccc(-c2ccccc2-c2ccccc2-c2ccc(N(c3ccc(-c4ccc(C5CC6CCC5C6)cc4)cc3)c3ccc4c(c3)C(c3ccccc3)(c3ccccc3)c3ccccc3-4)cc2)cc1. The van der Waals surface area contributed by atoms with Crippen molar-refractivity contribution < 1.29 is 0 Å². The summed E-state index contributed by atoms with van der Waals surface area (Å²) in [5, 5.41) is 0. The third-order valence-corrected chi connectivity index (χ3v) is 15.9. The molecule has 10 aromatic rings. The maximum absolute atomic E-state index is 2.47. The largest absolute Gasteiger partial charge is 0.310 e. The lowest BCUT2D eigenvalue weighted by Crippen LogP contribution is -2.28. The standard InChI is InChI=1S/C68H53N/c1-4-16-50(17-5-1)59-22-10-12-24-61(59)62-25-13-11-23-60(62)51-36-40-57(41-37-51)69(56-38-34-49(35-39-56)48-30-32-52(33-31-48)65-45-47-28-29-53(65)44-47)58-42-43-64-63-26-14-15-27-66(63)68(67(64)46-58,54-18-6-2-7-19-54)55-20-8-3-9-21-55/h1-27,30-43,46-47,53,65H,28-29,44-45H2. The lowest BCUT2D eigenvalue weighted by molar-refractivity contribution is 0.420. The summed E-state index contributed by atoms with van der Waals surface area (Å²) >= 11 is 0. The average Bonchev–Trinajstić information content (AvgIpc) is 4.15. The van der Waals surface area contributed by atoms with Crippen LogP contribution in [0.4, 0.5) is 17.1 Å². The molecule has 0 heterocycles. The van der Waals surface area contributed by atoms with E-state index in [1.807, 2.05) is 0 Å². The fourth-order valence-corrected chi connectivity index (χ4v) is 12.7. The van der Waals surface area contributed by atoms with Crippen molar-refractivity contribution in [3.05, 3.63) is 283 Å². The predicted octanol–water partition coefficient (Wildman–Crippen LogP) is 18.1.